The normalized spacial score (nSPS) is 10.7. The molecular weight excluding hydrogens is 951 g/mol. The zero-order valence-electron chi connectivity index (χ0n) is 33.2. The van der Waals surface area contributed by atoms with Gasteiger partial charge in [0.1, 0.15) is 11.1 Å². The lowest BCUT2D eigenvalue weighted by molar-refractivity contribution is 0.101. The predicted octanol–water partition coefficient (Wildman–Crippen LogP) is 13.4. The maximum Gasteiger partial charge on any atom is 0.261 e. The fourth-order valence-electron chi connectivity index (χ4n) is 6.52. The highest BCUT2D eigenvalue weighted by molar-refractivity contribution is 9.10. The van der Waals surface area contributed by atoms with Gasteiger partial charge >= 0.3 is 0 Å². The van der Waals surface area contributed by atoms with Gasteiger partial charge in [0.05, 0.1) is 0 Å². The Kier molecular flexibility index (Phi) is 13.8. The van der Waals surface area contributed by atoms with Gasteiger partial charge in [0, 0.05) is 52.9 Å². The Hall–Kier alpha value is -6.30. The van der Waals surface area contributed by atoms with Crippen molar-refractivity contribution < 1.29 is 9.59 Å². The number of aromatic amines is 2. The molecule has 2 amide bonds. The van der Waals surface area contributed by atoms with Gasteiger partial charge in [-0.25, -0.2) is 0 Å². The van der Waals surface area contributed by atoms with E-state index < -0.39 is 22.9 Å². The van der Waals surface area contributed by atoms with Crippen LogP contribution in [0.1, 0.15) is 31.8 Å². The molecule has 0 spiro atoms. The van der Waals surface area contributed by atoms with E-state index in [1.165, 1.54) is 0 Å². The van der Waals surface area contributed by atoms with E-state index in [2.05, 4.69) is 52.5 Å². The van der Waals surface area contributed by atoms with E-state index >= 15 is 0 Å². The molecule has 8 nitrogen and oxygen atoms in total. The number of amides is 2. The van der Waals surface area contributed by atoms with Crippen molar-refractivity contribution >= 4 is 78.3 Å². The highest BCUT2D eigenvalue weighted by atomic mass is 79.9. The number of aromatic nitrogens is 2. The van der Waals surface area contributed by atoms with Gasteiger partial charge in [-0.1, -0.05) is 139 Å². The van der Waals surface area contributed by atoms with Crippen molar-refractivity contribution in [3.05, 3.63) is 220 Å². The van der Waals surface area contributed by atoms with E-state index in [-0.39, 0.29) is 11.1 Å². The summed E-state index contributed by atoms with van der Waals surface area (Å²) in [5.74, 6) is -0.942. The minimum Gasteiger partial charge on any atom is -0.322 e. The first kappa shape index (κ1) is 43.8. The van der Waals surface area contributed by atoms with Crippen LogP contribution >= 0.6 is 55.1 Å². The molecule has 6 aromatic carbocycles. The molecule has 0 aliphatic rings. The van der Waals surface area contributed by atoms with Gasteiger partial charge in [-0.3, -0.25) is 19.2 Å². The molecule has 0 aliphatic carbocycles. The van der Waals surface area contributed by atoms with Crippen LogP contribution in [0.25, 0.3) is 44.8 Å². The van der Waals surface area contributed by atoms with Gasteiger partial charge < -0.3 is 20.6 Å². The van der Waals surface area contributed by atoms with Crippen LogP contribution in [-0.2, 0) is 0 Å². The van der Waals surface area contributed by atoms with Crippen molar-refractivity contribution in [2.24, 2.45) is 0 Å². The molecule has 8 aromatic rings. The topological polar surface area (TPSA) is 124 Å². The number of nitrogens with one attached hydrogen (secondary N) is 4. The fraction of sp³-hybridized carbons (Fsp3) is 0.0400. The molecule has 0 saturated heterocycles. The number of aryl methyl sites for hydroxylation is 2. The summed E-state index contributed by atoms with van der Waals surface area (Å²) >= 11 is 18.9. The van der Waals surface area contributed by atoms with E-state index in [1.54, 1.807) is 54.6 Å². The Balaban J connectivity index is 0.000000186. The maximum absolute atomic E-state index is 13.1. The molecule has 8 rings (SSSR count). The zero-order chi connectivity index (χ0) is 43.9. The summed E-state index contributed by atoms with van der Waals surface area (Å²) < 4.78 is 1.86. The van der Waals surface area contributed by atoms with Crippen molar-refractivity contribution in [2.75, 3.05) is 10.6 Å². The Labute approximate surface area is 384 Å². The lowest BCUT2D eigenvalue weighted by Crippen LogP contribution is -2.25. The van der Waals surface area contributed by atoms with Gasteiger partial charge in [-0.2, -0.15) is 0 Å². The molecule has 2 aromatic heterocycles. The van der Waals surface area contributed by atoms with Crippen molar-refractivity contribution in [3.8, 4) is 44.8 Å². The highest BCUT2D eigenvalue weighted by Crippen LogP contribution is 2.31. The fourth-order valence-corrected chi connectivity index (χ4v) is 7.30. The van der Waals surface area contributed by atoms with Crippen LogP contribution in [-0.4, -0.2) is 21.8 Å². The van der Waals surface area contributed by atoms with Gasteiger partial charge in [-0.15, -0.1) is 0 Å². The second kappa shape index (κ2) is 19.6. The van der Waals surface area contributed by atoms with Crippen molar-refractivity contribution in [1.82, 2.24) is 9.97 Å². The molecule has 0 atom stereocenters. The Bertz CT molecular complexity index is 2800. The number of benzene rings is 6. The van der Waals surface area contributed by atoms with E-state index in [4.69, 9.17) is 23.2 Å². The number of halogens is 4. The number of rotatable bonds is 8. The highest BCUT2D eigenvalue weighted by Gasteiger charge is 2.21. The summed E-state index contributed by atoms with van der Waals surface area (Å²) in [6.07, 6.45) is 0. The van der Waals surface area contributed by atoms with Crippen molar-refractivity contribution in [2.45, 2.75) is 13.8 Å². The number of hydrogen-bond acceptors (Lipinski definition) is 4. The number of hydrogen-bond donors (Lipinski definition) is 4. The molecule has 0 radical (unpaired) electrons. The van der Waals surface area contributed by atoms with E-state index in [9.17, 15) is 19.2 Å². The first-order chi connectivity index (χ1) is 29.8. The first-order valence-electron chi connectivity index (χ1n) is 19.2. The Morgan fingerprint density at radius 1 is 0.452 bits per heavy atom. The standard InChI is InChI=1S/C25H18Br2N2O2.C25H18Cl2N2O2/c2*1-15-2-12-20(13-3-15)28-24(30)23-21(16-4-8-18(26)9-5-16)14-22(29-25(23)31)17-6-10-19(27)11-7-17/h2*2-14H,1H3,(H,28,30)(H,29,31). The summed E-state index contributed by atoms with van der Waals surface area (Å²) in [4.78, 5) is 58.1. The van der Waals surface area contributed by atoms with Crippen molar-refractivity contribution in [1.29, 1.82) is 0 Å². The summed E-state index contributed by atoms with van der Waals surface area (Å²) in [6.45, 7) is 3.94. The molecule has 0 unspecified atom stereocenters. The van der Waals surface area contributed by atoms with Gasteiger partial charge in [0.2, 0.25) is 0 Å². The number of anilines is 2. The predicted molar refractivity (Wildman–Crippen MR) is 260 cm³/mol. The molecule has 12 heteroatoms. The number of carbonyl (C=O) groups is 2. The van der Waals surface area contributed by atoms with Crippen LogP contribution in [0, 0.1) is 13.8 Å². The monoisotopic (exact) mass is 984 g/mol. The third-order valence-electron chi connectivity index (χ3n) is 9.76. The average molecular weight is 988 g/mol. The molecular formula is C50H36Br2Cl2N4O4. The van der Waals surface area contributed by atoms with Crippen LogP contribution < -0.4 is 21.8 Å². The van der Waals surface area contributed by atoms with Gasteiger partial charge in [0.15, 0.2) is 0 Å². The minimum absolute atomic E-state index is 0.0283. The molecule has 62 heavy (non-hydrogen) atoms. The third-order valence-corrected chi connectivity index (χ3v) is 11.3. The number of pyridine rings is 2. The smallest absolute Gasteiger partial charge is 0.261 e. The molecule has 4 N–H and O–H groups in total. The number of H-pyrrole nitrogens is 2. The van der Waals surface area contributed by atoms with Crippen LogP contribution in [0.5, 0.6) is 0 Å². The summed E-state index contributed by atoms with van der Waals surface area (Å²) in [5, 5.41) is 6.81. The van der Waals surface area contributed by atoms with E-state index in [0.29, 0.717) is 49.5 Å². The second-order valence-corrected chi connectivity index (χ2v) is 17.0. The maximum atomic E-state index is 13.1. The third kappa shape index (κ3) is 10.8. The first-order valence-corrected chi connectivity index (χ1v) is 21.5. The number of carbonyl (C=O) groups excluding carboxylic acids is 2. The van der Waals surface area contributed by atoms with Crippen molar-refractivity contribution in [3.63, 3.8) is 0 Å². The van der Waals surface area contributed by atoms with E-state index in [1.807, 2.05) is 117 Å². The van der Waals surface area contributed by atoms with Crippen LogP contribution in [0.15, 0.2) is 176 Å². The molecule has 308 valence electrons. The SMILES string of the molecule is Cc1ccc(NC(=O)c2c(-c3ccc(Br)cc3)cc(-c3ccc(Br)cc3)[nH]c2=O)cc1.Cc1ccc(NC(=O)c2c(-c3ccc(Cl)cc3)cc(-c3ccc(Cl)cc3)[nH]c2=O)cc1. The van der Waals surface area contributed by atoms with Crippen LogP contribution in [0.3, 0.4) is 0 Å². The lowest BCUT2D eigenvalue weighted by Gasteiger charge is -2.13. The lowest BCUT2D eigenvalue weighted by atomic mass is 9.98. The quantitative estimate of drug-likeness (QED) is 0.121. The van der Waals surface area contributed by atoms with Gasteiger partial charge in [-0.05, 0) is 121 Å². The van der Waals surface area contributed by atoms with Crippen LogP contribution in [0.4, 0.5) is 11.4 Å². The zero-order valence-corrected chi connectivity index (χ0v) is 37.8. The second-order valence-electron chi connectivity index (χ2n) is 14.3. The Morgan fingerprint density at radius 2 is 0.758 bits per heavy atom. The van der Waals surface area contributed by atoms with E-state index in [0.717, 1.165) is 36.8 Å². The summed E-state index contributed by atoms with van der Waals surface area (Å²) in [7, 11) is 0. The molecule has 0 bridgehead atoms. The molecule has 2 heterocycles. The average Bonchev–Trinajstić information content (AvgIpc) is 3.26. The summed E-state index contributed by atoms with van der Waals surface area (Å²) in [5.41, 5.74) is 8.00. The minimum atomic E-state index is -0.488. The van der Waals surface area contributed by atoms with Crippen LogP contribution in [0.2, 0.25) is 10.0 Å². The largest absolute Gasteiger partial charge is 0.322 e. The molecule has 0 fully saturated rings. The Morgan fingerprint density at radius 3 is 1.11 bits per heavy atom. The molecule has 0 saturated carbocycles. The molecule has 0 aliphatic heterocycles. The summed E-state index contributed by atoms with van der Waals surface area (Å²) in [6, 6.07) is 47.8. The van der Waals surface area contributed by atoms with Gasteiger partial charge in [0.25, 0.3) is 22.9 Å².